The number of amides is 1. The van der Waals surface area contributed by atoms with Crippen LogP contribution in [-0.4, -0.2) is 54.3 Å². The van der Waals surface area contributed by atoms with E-state index in [4.69, 9.17) is 11.6 Å². The Labute approximate surface area is 132 Å². The zero-order valence-electron chi connectivity index (χ0n) is 13.2. The smallest absolute Gasteiger partial charge is 0.254 e. The number of halogens is 1. The first-order chi connectivity index (χ1) is 9.93. The minimum atomic E-state index is -0.0211. The molecule has 1 heterocycles. The van der Waals surface area contributed by atoms with Crippen LogP contribution in [0.1, 0.15) is 36.7 Å². The second-order valence-electron chi connectivity index (χ2n) is 6.62. The predicted octanol–water partition coefficient (Wildman–Crippen LogP) is 2.98. The summed E-state index contributed by atoms with van der Waals surface area (Å²) in [6.45, 7) is 10.8. The Kier molecular flexibility index (Phi) is 5.28. The summed E-state index contributed by atoms with van der Waals surface area (Å²) >= 11 is 5.78. The van der Waals surface area contributed by atoms with Crippen molar-refractivity contribution in [2.24, 2.45) is 0 Å². The van der Waals surface area contributed by atoms with Crippen molar-refractivity contribution in [2.75, 3.05) is 38.6 Å². The van der Waals surface area contributed by atoms with Crippen molar-refractivity contribution < 1.29 is 4.79 Å². The molecule has 0 unspecified atom stereocenters. The van der Waals surface area contributed by atoms with Crippen LogP contribution in [0.5, 0.6) is 0 Å². The zero-order chi connectivity index (χ0) is 15.5. The van der Waals surface area contributed by atoms with Gasteiger partial charge in [0.05, 0.1) is 0 Å². The Hall–Kier alpha value is -1.06. The van der Waals surface area contributed by atoms with Crippen LogP contribution in [0.25, 0.3) is 0 Å². The molecule has 1 amide bonds. The SMILES string of the molecule is CC(C)(C)c1ccccc1C(=O)N1CCN(CCCl)CC1. The number of alkyl halides is 1. The van der Waals surface area contributed by atoms with Crippen LogP contribution in [-0.2, 0) is 5.41 Å². The summed E-state index contributed by atoms with van der Waals surface area (Å²) in [6.07, 6.45) is 0. The van der Waals surface area contributed by atoms with Crippen LogP contribution < -0.4 is 0 Å². The van der Waals surface area contributed by atoms with E-state index in [0.29, 0.717) is 5.88 Å². The van der Waals surface area contributed by atoms with Crippen molar-refractivity contribution >= 4 is 17.5 Å². The summed E-state index contributed by atoms with van der Waals surface area (Å²) in [5.41, 5.74) is 1.95. The average molecular weight is 309 g/mol. The van der Waals surface area contributed by atoms with Crippen LogP contribution in [0.2, 0.25) is 0 Å². The average Bonchev–Trinajstić information content (AvgIpc) is 2.47. The summed E-state index contributed by atoms with van der Waals surface area (Å²) < 4.78 is 0. The molecule has 0 N–H and O–H groups in total. The number of benzene rings is 1. The molecule has 1 aromatic carbocycles. The van der Waals surface area contributed by atoms with Gasteiger partial charge in [0.25, 0.3) is 5.91 Å². The van der Waals surface area contributed by atoms with Crippen LogP contribution in [0.4, 0.5) is 0 Å². The molecule has 4 heteroatoms. The molecule has 116 valence electrons. The molecule has 0 atom stereocenters. The highest BCUT2D eigenvalue weighted by Crippen LogP contribution is 2.26. The molecule has 0 radical (unpaired) electrons. The van der Waals surface area contributed by atoms with Gasteiger partial charge in [0.2, 0.25) is 0 Å². The minimum Gasteiger partial charge on any atom is -0.336 e. The van der Waals surface area contributed by atoms with Crippen molar-refractivity contribution in [1.29, 1.82) is 0 Å². The number of nitrogens with zero attached hydrogens (tertiary/aromatic N) is 2. The Bertz CT molecular complexity index is 488. The van der Waals surface area contributed by atoms with Crippen molar-refractivity contribution in [3.8, 4) is 0 Å². The van der Waals surface area contributed by atoms with Crippen LogP contribution in [0.3, 0.4) is 0 Å². The molecule has 0 bridgehead atoms. The fourth-order valence-electron chi connectivity index (χ4n) is 2.79. The topological polar surface area (TPSA) is 23.6 Å². The molecule has 1 aliphatic rings. The van der Waals surface area contributed by atoms with E-state index in [1.165, 1.54) is 0 Å². The Morgan fingerprint density at radius 3 is 2.33 bits per heavy atom. The number of carbonyl (C=O) groups is 1. The second kappa shape index (κ2) is 6.80. The van der Waals surface area contributed by atoms with Gasteiger partial charge in [0.1, 0.15) is 0 Å². The van der Waals surface area contributed by atoms with Gasteiger partial charge in [-0.3, -0.25) is 9.69 Å². The normalized spacial score (nSPS) is 17.0. The lowest BCUT2D eigenvalue weighted by molar-refractivity contribution is 0.0642. The molecule has 21 heavy (non-hydrogen) atoms. The quantitative estimate of drug-likeness (QED) is 0.802. The number of piperazine rings is 1. The summed E-state index contributed by atoms with van der Waals surface area (Å²) in [4.78, 5) is 17.1. The second-order valence-corrected chi connectivity index (χ2v) is 7.00. The van der Waals surface area contributed by atoms with Crippen molar-refractivity contribution in [1.82, 2.24) is 9.80 Å². The number of hydrogen-bond acceptors (Lipinski definition) is 2. The maximum absolute atomic E-state index is 12.8. The van der Waals surface area contributed by atoms with Gasteiger partial charge in [-0.25, -0.2) is 0 Å². The van der Waals surface area contributed by atoms with E-state index in [-0.39, 0.29) is 11.3 Å². The molecule has 0 spiro atoms. The first-order valence-electron chi connectivity index (χ1n) is 7.60. The lowest BCUT2D eigenvalue weighted by Gasteiger charge is -2.35. The Morgan fingerprint density at radius 1 is 1.14 bits per heavy atom. The lowest BCUT2D eigenvalue weighted by atomic mass is 9.83. The van der Waals surface area contributed by atoms with E-state index in [2.05, 4.69) is 31.7 Å². The summed E-state index contributed by atoms with van der Waals surface area (Å²) in [5.74, 6) is 0.812. The molecule has 3 nitrogen and oxygen atoms in total. The molecule has 0 saturated carbocycles. The minimum absolute atomic E-state index is 0.0211. The molecule has 1 aromatic rings. The molecular weight excluding hydrogens is 284 g/mol. The molecule has 1 fully saturated rings. The van der Waals surface area contributed by atoms with E-state index in [1.807, 2.05) is 23.1 Å². The number of hydrogen-bond donors (Lipinski definition) is 0. The van der Waals surface area contributed by atoms with Gasteiger partial charge in [-0.15, -0.1) is 11.6 Å². The third-order valence-electron chi connectivity index (χ3n) is 4.03. The van der Waals surface area contributed by atoms with Gasteiger partial charge >= 0.3 is 0 Å². The van der Waals surface area contributed by atoms with Gasteiger partial charge in [-0.1, -0.05) is 39.0 Å². The fraction of sp³-hybridized carbons (Fsp3) is 0.588. The summed E-state index contributed by atoms with van der Waals surface area (Å²) in [7, 11) is 0. The third-order valence-corrected chi connectivity index (χ3v) is 4.19. The van der Waals surface area contributed by atoms with Crippen LogP contribution in [0.15, 0.2) is 24.3 Å². The first kappa shape index (κ1) is 16.3. The van der Waals surface area contributed by atoms with Crippen LogP contribution >= 0.6 is 11.6 Å². The zero-order valence-corrected chi connectivity index (χ0v) is 14.0. The lowest BCUT2D eigenvalue weighted by Crippen LogP contribution is -2.49. The van der Waals surface area contributed by atoms with Gasteiger partial charge in [-0.2, -0.15) is 0 Å². The molecule has 0 aromatic heterocycles. The van der Waals surface area contributed by atoms with E-state index in [1.54, 1.807) is 0 Å². The van der Waals surface area contributed by atoms with Gasteiger partial charge in [-0.05, 0) is 17.0 Å². The summed E-state index contributed by atoms with van der Waals surface area (Å²) in [5, 5.41) is 0. The standard InChI is InChI=1S/C17H25ClN2O/c1-17(2,3)15-7-5-4-6-14(15)16(21)20-12-10-19(9-8-18)11-13-20/h4-7H,8-13H2,1-3H3. The maximum atomic E-state index is 12.8. The summed E-state index contributed by atoms with van der Waals surface area (Å²) in [6, 6.07) is 7.98. The fourth-order valence-corrected chi connectivity index (χ4v) is 3.03. The first-order valence-corrected chi connectivity index (χ1v) is 8.14. The van der Waals surface area contributed by atoms with E-state index in [9.17, 15) is 4.79 Å². The predicted molar refractivity (Wildman–Crippen MR) is 88.2 cm³/mol. The highest BCUT2D eigenvalue weighted by atomic mass is 35.5. The highest BCUT2D eigenvalue weighted by molar-refractivity contribution is 6.18. The van der Waals surface area contributed by atoms with E-state index >= 15 is 0 Å². The highest BCUT2D eigenvalue weighted by Gasteiger charge is 2.26. The van der Waals surface area contributed by atoms with Crippen LogP contribution in [0, 0.1) is 0 Å². The number of carbonyl (C=O) groups excluding carboxylic acids is 1. The van der Waals surface area contributed by atoms with Gasteiger partial charge < -0.3 is 4.90 Å². The largest absolute Gasteiger partial charge is 0.336 e. The molecule has 2 rings (SSSR count). The van der Waals surface area contributed by atoms with Crippen molar-refractivity contribution in [3.05, 3.63) is 35.4 Å². The Morgan fingerprint density at radius 2 is 1.76 bits per heavy atom. The molecule has 1 saturated heterocycles. The van der Waals surface area contributed by atoms with Crippen molar-refractivity contribution in [3.63, 3.8) is 0 Å². The third kappa shape index (κ3) is 3.98. The van der Waals surface area contributed by atoms with Gasteiger partial charge in [0.15, 0.2) is 0 Å². The van der Waals surface area contributed by atoms with E-state index in [0.717, 1.165) is 43.9 Å². The van der Waals surface area contributed by atoms with Crippen molar-refractivity contribution in [2.45, 2.75) is 26.2 Å². The number of rotatable bonds is 3. The molecule has 1 aliphatic heterocycles. The molecular formula is C17H25ClN2O. The molecule has 0 aliphatic carbocycles. The monoisotopic (exact) mass is 308 g/mol. The maximum Gasteiger partial charge on any atom is 0.254 e. The Balaban J connectivity index is 2.12. The van der Waals surface area contributed by atoms with Gasteiger partial charge in [0, 0.05) is 44.2 Å². The van der Waals surface area contributed by atoms with E-state index < -0.39 is 0 Å².